The summed E-state index contributed by atoms with van der Waals surface area (Å²) in [4.78, 5) is 0. The molecule has 0 aliphatic rings. The van der Waals surface area contributed by atoms with Crippen LogP contribution < -0.4 is 0 Å². The Bertz CT molecular complexity index is 311. The summed E-state index contributed by atoms with van der Waals surface area (Å²) in [6.45, 7) is 0. The molecular formula is C4H6F5IO4S. The van der Waals surface area contributed by atoms with E-state index in [1.807, 2.05) is 0 Å². The van der Waals surface area contributed by atoms with Gasteiger partial charge in [-0.2, -0.15) is 0 Å². The van der Waals surface area contributed by atoms with Crippen molar-refractivity contribution in [2.24, 2.45) is 0 Å². The van der Waals surface area contributed by atoms with Gasteiger partial charge in [0.2, 0.25) is 0 Å². The van der Waals surface area contributed by atoms with Crippen LogP contribution in [0.15, 0.2) is 0 Å². The van der Waals surface area contributed by atoms with Gasteiger partial charge < -0.3 is 0 Å². The fourth-order valence-electron chi connectivity index (χ4n) is 0.374. The molecule has 94 valence electrons. The van der Waals surface area contributed by atoms with Gasteiger partial charge in [0.15, 0.2) is 0 Å². The average molecular weight is 372 g/mol. The van der Waals surface area contributed by atoms with E-state index in [-0.39, 0.29) is 0 Å². The van der Waals surface area contributed by atoms with Crippen molar-refractivity contribution < 1.29 is 36.3 Å². The van der Waals surface area contributed by atoms with Crippen molar-refractivity contribution in [2.75, 3.05) is 10.7 Å². The Kier molecular flexibility index (Phi) is 4.71. The fourth-order valence-corrected chi connectivity index (χ4v) is 4.58. The molecule has 0 heterocycles. The summed E-state index contributed by atoms with van der Waals surface area (Å²) in [6.07, 6.45) is -5.38. The first-order chi connectivity index (χ1) is 6.35. The third kappa shape index (κ3) is 5.77. The second kappa shape index (κ2) is 4.63. The van der Waals surface area contributed by atoms with Gasteiger partial charge in [-0.25, -0.2) is 0 Å². The topological polar surface area (TPSA) is 63.6 Å². The van der Waals surface area contributed by atoms with Gasteiger partial charge in [0.25, 0.3) is 0 Å². The van der Waals surface area contributed by atoms with E-state index in [1.54, 1.807) is 0 Å². The van der Waals surface area contributed by atoms with Crippen LogP contribution in [0.25, 0.3) is 0 Å². The maximum absolute atomic E-state index is 12.2. The van der Waals surface area contributed by atoms with Crippen LogP contribution in [-0.2, 0) is 12.6 Å². The van der Waals surface area contributed by atoms with Gasteiger partial charge in [-0.1, -0.05) is 0 Å². The van der Waals surface area contributed by atoms with Crippen molar-refractivity contribution in [3.63, 3.8) is 0 Å². The van der Waals surface area contributed by atoms with E-state index < -0.39 is 47.3 Å². The number of hydrogen-bond donors (Lipinski definition) is 1. The second-order valence-corrected chi connectivity index (χ2v) is 7.48. The molecule has 0 aliphatic heterocycles. The van der Waals surface area contributed by atoms with E-state index in [9.17, 15) is 30.4 Å². The van der Waals surface area contributed by atoms with Crippen LogP contribution in [0.4, 0.5) is 22.0 Å². The van der Waals surface area contributed by atoms with Crippen LogP contribution in [-0.4, -0.2) is 34.6 Å². The van der Waals surface area contributed by atoms with Gasteiger partial charge in [0, 0.05) is 0 Å². The molecule has 0 unspecified atom stereocenters. The molecule has 0 spiro atoms. The van der Waals surface area contributed by atoms with E-state index in [1.165, 1.54) is 0 Å². The molecule has 0 aromatic rings. The Morgan fingerprint density at radius 3 is 1.93 bits per heavy atom. The third-order valence-electron chi connectivity index (χ3n) is 0.884. The minimum atomic E-state index is -5.83. The fraction of sp³-hybridized carbons (Fsp3) is 1.00. The van der Waals surface area contributed by atoms with Crippen LogP contribution in [0.2, 0.25) is 0 Å². The number of hydrogen-bond acceptors (Lipinski definition) is 4. The molecule has 0 bridgehead atoms. The summed E-state index contributed by atoms with van der Waals surface area (Å²) in [5, 5.41) is 0. The predicted molar refractivity (Wildman–Crippen MR) is 48.0 cm³/mol. The van der Waals surface area contributed by atoms with Gasteiger partial charge in [-0.15, -0.1) is 0 Å². The van der Waals surface area contributed by atoms with Crippen molar-refractivity contribution in [1.82, 2.24) is 0 Å². The van der Waals surface area contributed by atoms with Gasteiger partial charge in [0.05, 0.1) is 0 Å². The first-order valence-corrected chi connectivity index (χ1v) is 8.24. The Balaban J connectivity index is 4.49. The van der Waals surface area contributed by atoms with Crippen molar-refractivity contribution in [1.29, 1.82) is 0 Å². The van der Waals surface area contributed by atoms with Gasteiger partial charge in [-0.3, -0.25) is 0 Å². The Morgan fingerprint density at radius 2 is 1.67 bits per heavy atom. The number of rotatable bonds is 4. The monoisotopic (exact) mass is 372 g/mol. The average Bonchev–Trinajstić information content (AvgIpc) is 1.75. The molecule has 1 N–H and O–H groups in total. The molecule has 4 nitrogen and oxygen atoms in total. The zero-order valence-corrected chi connectivity index (χ0v) is 10.0. The molecule has 0 saturated carbocycles. The van der Waals surface area contributed by atoms with E-state index in [0.29, 0.717) is 6.26 Å². The SMILES string of the molecule is CS(=O)(=O)OI(O)CC(F)(F)C(F)(F)F. The summed E-state index contributed by atoms with van der Waals surface area (Å²) in [5.41, 5.74) is 0. The maximum atomic E-state index is 12.2. The number of halogens is 6. The molecule has 0 rings (SSSR count). The second-order valence-electron chi connectivity index (χ2n) is 2.40. The van der Waals surface area contributed by atoms with Crippen molar-refractivity contribution in [3.05, 3.63) is 0 Å². The number of alkyl halides is 6. The molecule has 11 heteroatoms. The van der Waals surface area contributed by atoms with E-state index in [4.69, 9.17) is 3.44 Å². The standard InChI is InChI=1S/C4H6F5IO4S/c1-15(12,13)14-10(11)2-3(5,6)4(7,8)9/h11H,2H2,1H3. The van der Waals surface area contributed by atoms with Gasteiger partial charge in [-0.05, 0) is 0 Å². The first-order valence-electron chi connectivity index (χ1n) is 3.05. The Hall–Kier alpha value is 0.250. The van der Waals surface area contributed by atoms with E-state index in [2.05, 4.69) is 2.51 Å². The molecular weight excluding hydrogens is 366 g/mol. The first kappa shape index (κ1) is 15.2. The molecule has 0 amide bonds. The van der Waals surface area contributed by atoms with Crippen LogP contribution in [0.3, 0.4) is 0 Å². The van der Waals surface area contributed by atoms with Gasteiger partial charge in [0.1, 0.15) is 0 Å². The molecule has 15 heavy (non-hydrogen) atoms. The van der Waals surface area contributed by atoms with Crippen molar-refractivity contribution in [3.8, 4) is 0 Å². The van der Waals surface area contributed by atoms with Crippen molar-refractivity contribution in [2.45, 2.75) is 12.1 Å². The summed E-state index contributed by atoms with van der Waals surface area (Å²) in [7, 11) is -4.22. The van der Waals surface area contributed by atoms with Crippen LogP contribution in [0, 0.1) is 0 Å². The third-order valence-corrected chi connectivity index (χ3v) is 6.07. The zero-order chi connectivity index (χ0) is 12.5. The van der Waals surface area contributed by atoms with Crippen LogP contribution in [0.1, 0.15) is 0 Å². The van der Waals surface area contributed by atoms with Crippen LogP contribution >= 0.6 is 20.6 Å². The summed E-state index contributed by atoms with van der Waals surface area (Å²) >= 11 is -4.29. The molecule has 0 aromatic carbocycles. The summed E-state index contributed by atoms with van der Waals surface area (Å²) in [5.74, 6) is -5.14. The predicted octanol–water partition coefficient (Wildman–Crippen LogP) is 1.49. The summed E-state index contributed by atoms with van der Waals surface area (Å²) < 4.78 is 90.2. The molecule has 0 fully saturated rings. The van der Waals surface area contributed by atoms with Crippen molar-refractivity contribution >= 4 is 30.8 Å². The quantitative estimate of drug-likeness (QED) is 0.462. The summed E-state index contributed by atoms with van der Waals surface area (Å²) in [6, 6.07) is 0. The molecule has 0 atom stereocenters. The van der Waals surface area contributed by atoms with E-state index in [0.717, 1.165) is 0 Å². The Labute approximate surface area is 90.0 Å². The molecule has 0 radical (unpaired) electrons. The van der Waals surface area contributed by atoms with Crippen LogP contribution in [0.5, 0.6) is 0 Å². The normalized spacial score (nSPS) is 15.3. The zero-order valence-electron chi connectivity index (χ0n) is 7.06. The minimum absolute atomic E-state index is 0.444. The molecule has 0 aromatic heterocycles. The molecule has 0 saturated heterocycles. The van der Waals surface area contributed by atoms with E-state index >= 15 is 0 Å². The Morgan fingerprint density at radius 1 is 1.27 bits per heavy atom. The van der Waals surface area contributed by atoms with Gasteiger partial charge >= 0.3 is 89.9 Å². The molecule has 0 aliphatic carbocycles.